The molecule has 9 fully saturated rings. The van der Waals surface area contributed by atoms with Gasteiger partial charge in [-0.25, -0.2) is 0 Å². The SMILES string of the molecule is C1CCC([PH+](C2CCCCC2)C2CCCCC2)CC1.C1CCC([PH+](C2CCCCC2)C2CCCCC2)CC1.C1CCC([PH+](C2CCCCC2)C2CCCCC2)CC1.C=Cc1cccc2cccnc12.[Cl][Ru]([Cl])=[CH]c1cccc2cccnc12.[Cl][Ru]([Cl])=[C]1C=Cc2ccccc21. The van der Waals surface area contributed by atoms with Gasteiger partial charge in [-0.2, -0.15) is 0 Å². The first-order valence-electron chi connectivity index (χ1n) is 39.2. The van der Waals surface area contributed by atoms with Crippen molar-refractivity contribution in [1.29, 1.82) is 0 Å². The minimum atomic E-state index is -1.76. The molecule has 0 saturated heterocycles. The van der Waals surface area contributed by atoms with Gasteiger partial charge >= 0.3 is 180 Å². The topological polar surface area (TPSA) is 25.8 Å². The summed E-state index contributed by atoms with van der Waals surface area (Å²) < 4.78 is 3.06. The van der Waals surface area contributed by atoms with E-state index < -0.39 is 27.0 Å². The molecule has 2 heterocycles. The van der Waals surface area contributed by atoms with Crippen LogP contribution in [0.5, 0.6) is 0 Å². The van der Waals surface area contributed by atoms with Crippen molar-refractivity contribution < 1.29 is 27.0 Å². The van der Waals surface area contributed by atoms with Crippen LogP contribution in [0.2, 0.25) is 0 Å². The summed E-state index contributed by atoms with van der Waals surface area (Å²) in [4.78, 5) is 8.59. The van der Waals surface area contributed by atoms with Gasteiger partial charge in [0, 0.05) is 40.9 Å². The van der Waals surface area contributed by atoms with E-state index in [1.54, 1.807) is 301 Å². The molecule has 2 nitrogen and oxygen atoms in total. The van der Waals surface area contributed by atoms with Gasteiger partial charge in [0.2, 0.25) is 0 Å². The molecule has 0 amide bonds. The summed E-state index contributed by atoms with van der Waals surface area (Å²) in [5, 5.41) is 2.28. The number of allylic oxidation sites excluding steroid dienone is 1. The molecule has 3 aromatic carbocycles. The number of pyridine rings is 2. The summed E-state index contributed by atoms with van der Waals surface area (Å²) in [5.74, 6) is 0. The maximum atomic E-state index is 5.93. The molecule has 10 aliphatic carbocycles. The summed E-state index contributed by atoms with van der Waals surface area (Å²) >= 11 is -3.49. The normalized spacial score (nSPS) is 22.2. The zero-order valence-electron chi connectivity index (χ0n) is 58.4. The van der Waals surface area contributed by atoms with E-state index in [1.807, 2.05) is 77.4 Å². The van der Waals surface area contributed by atoms with E-state index in [0.717, 1.165) is 37.0 Å². The van der Waals surface area contributed by atoms with Crippen molar-refractivity contribution in [1.82, 2.24) is 9.97 Å². The molecule has 5 aromatic rings. The Labute approximate surface area is 608 Å². The molecule has 0 spiro atoms. The maximum absolute atomic E-state index is 5.93. The van der Waals surface area contributed by atoms with Crippen molar-refractivity contribution >= 4 is 105 Å². The minimum absolute atomic E-state index is 0.0465. The second kappa shape index (κ2) is 43.5. The number of para-hydroxylation sites is 2. The van der Waals surface area contributed by atoms with E-state index in [4.69, 9.17) is 38.8 Å². The van der Waals surface area contributed by atoms with Gasteiger partial charge in [0.25, 0.3) is 0 Å². The van der Waals surface area contributed by atoms with Crippen LogP contribution in [0.15, 0.2) is 110 Å². The Kier molecular flexibility index (Phi) is 35.3. The van der Waals surface area contributed by atoms with E-state index in [-0.39, 0.29) is 23.8 Å². The first kappa shape index (κ1) is 77.0. The number of hydrogen-bond donors (Lipinski definition) is 0. The van der Waals surface area contributed by atoms with Crippen LogP contribution in [0, 0.1) is 0 Å². The van der Waals surface area contributed by atoms with E-state index in [2.05, 4.69) is 46.9 Å². The summed E-state index contributed by atoms with van der Waals surface area (Å²) in [6.07, 6.45) is 80.9. The fraction of sp³-hybridized carbons (Fsp3) is 0.643. The third-order valence-corrected chi connectivity index (χ3v) is 42.9. The van der Waals surface area contributed by atoms with Gasteiger partial charge in [-0.15, -0.1) is 0 Å². The van der Waals surface area contributed by atoms with Gasteiger partial charge < -0.3 is 0 Å². The first-order valence-corrected chi connectivity index (χ1v) is 55.2. The van der Waals surface area contributed by atoms with Crippen molar-refractivity contribution in [3.63, 3.8) is 0 Å². The molecule has 11 heteroatoms. The van der Waals surface area contributed by atoms with Crippen molar-refractivity contribution in [2.45, 2.75) is 340 Å². The predicted molar refractivity (Wildman–Crippen MR) is 429 cm³/mol. The van der Waals surface area contributed by atoms with Crippen molar-refractivity contribution in [2.24, 2.45) is 0 Å². The Morgan fingerprint density at radius 2 is 0.611 bits per heavy atom. The number of halogens is 4. The summed E-state index contributed by atoms with van der Waals surface area (Å²) in [5.41, 5.74) is 17.6. The molecule has 526 valence electrons. The van der Waals surface area contributed by atoms with Crippen molar-refractivity contribution in [2.75, 3.05) is 0 Å². The van der Waals surface area contributed by atoms with E-state index >= 15 is 0 Å². The Balaban J connectivity index is 0.000000125. The molecule has 0 radical (unpaired) electrons. The zero-order chi connectivity index (χ0) is 65.7. The average Bonchev–Trinajstić information content (AvgIpc) is 2.32. The van der Waals surface area contributed by atoms with Crippen LogP contribution in [-0.4, -0.2) is 69.6 Å². The molecule has 0 N–H and O–H groups in total. The van der Waals surface area contributed by atoms with Crippen LogP contribution in [0.4, 0.5) is 0 Å². The average molecular weight is 1600 g/mol. The Hall–Kier alpha value is -0.603. The number of benzene rings is 3. The summed E-state index contributed by atoms with van der Waals surface area (Å²) in [6, 6.07) is 28.2. The molecular formula is C84H124Cl4N2P3Ru2+3. The second-order valence-electron chi connectivity index (χ2n) is 30.3. The zero-order valence-corrected chi connectivity index (χ0v) is 67.9. The summed E-state index contributed by atoms with van der Waals surface area (Å²) in [6.45, 7) is 3.74. The van der Waals surface area contributed by atoms with Crippen LogP contribution in [0.1, 0.15) is 311 Å². The molecule has 0 bridgehead atoms. The molecule has 2 aromatic heterocycles. The van der Waals surface area contributed by atoms with Crippen molar-refractivity contribution in [3.05, 3.63) is 132 Å². The van der Waals surface area contributed by atoms with Gasteiger partial charge in [-0.05, 0) is 237 Å². The first-order chi connectivity index (χ1) is 46.8. The van der Waals surface area contributed by atoms with Crippen LogP contribution < -0.4 is 0 Å². The van der Waals surface area contributed by atoms with Crippen LogP contribution in [0.25, 0.3) is 34.0 Å². The van der Waals surface area contributed by atoms with Gasteiger partial charge in [-0.1, -0.05) is 94.7 Å². The quantitative estimate of drug-likeness (QED) is 0.0973. The molecule has 9 saturated carbocycles. The Morgan fingerprint density at radius 3 is 0.905 bits per heavy atom. The third-order valence-electron chi connectivity index (χ3n) is 24.2. The molecule has 0 unspecified atom stereocenters. The molecule has 15 rings (SSSR count). The van der Waals surface area contributed by atoms with Crippen LogP contribution in [-0.2, 0) is 27.0 Å². The molecule has 95 heavy (non-hydrogen) atoms. The molecule has 0 aliphatic heterocycles. The number of hydrogen-bond acceptors (Lipinski definition) is 2. The van der Waals surface area contributed by atoms with E-state index in [1.165, 1.54) is 62.1 Å². The van der Waals surface area contributed by atoms with Crippen molar-refractivity contribution in [3.8, 4) is 0 Å². The van der Waals surface area contributed by atoms with E-state index in [9.17, 15) is 0 Å². The van der Waals surface area contributed by atoms with Gasteiger partial charge in [0.1, 0.15) is 0 Å². The molecule has 10 aliphatic rings. The molecule has 0 atom stereocenters. The van der Waals surface area contributed by atoms with Crippen LogP contribution >= 0.6 is 62.5 Å². The number of fused-ring (bicyclic) bond motifs is 3. The van der Waals surface area contributed by atoms with Gasteiger partial charge in [0.05, 0.1) is 56.4 Å². The van der Waals surface area contributed by atoms with Crippen LogP contribution in [0.3, 0.4) is 0 Å². The number of aromatic nitrogens is 2. The van der Waals surface area contributed by atoms with Gasteiger partial charge in [0.15, 0.2) is 0 Å². The summed E-state index contributed by atoms with van der Waals surface area (Å²) in [7, 11) is 23.4. The monoisotopic (exact) mass is 1600 g/mol. The van der Waals surface area contributed by atoms with Gasteiger partial charge in [-0.3, -0.25) is 4.98 Å². The predicted octanol–water partition coefficient (Wildman–Crippen LogP) is 27.9. The standard InChI is InChI=1S/3C18H33P.C11H9N.C10H7N.C9H6.4ClH.2Ru/c3*1-4-10-16(11-5-1)19(17-12-6-2-7-13-17)18-14-8-3-9-15-18;1-2-9-5-3-6-10-7-4-8-12-11(9)10;1-8-4-2-5-9-6-3-7-11-10(8)9;1-2-5-9-7-3-6-8(9)4-1;;;;;;/h3*16-18H,1-15H2;2-8H,1H2;1-7H;1-6H;4*1H;;/q;;;;;;;;;;2*+2/p-1. The Morgan fingerprint density at radius 1 is 0.326 bits per heavy atom. The number of nitrogens with zero attached hydrogens (tertiary/aromatic N) is 2. The fourth-order valence-electron chi connectivity index (χ4n) is 19.7. The Bertz CT molecular complexity index is 2820. The van der Waals surface area contributed by atoms with E-state index in [0.29, 0.717) is 0 Å². The molecular weight excluding hydrogens is 1470 g/mol. The number of rotatable bonds is 11. The second-order valence-corrected chi connectivity index (χ2v) is 52.2. The fourth-order valence-corrected chi connectivity index (χ4v) is 39.7. The third kappa shape index (κ3) is 24.2.